The normalized spacial score (nSPS) is 17.7. The molecule has 1 aliphatic rings. The maximum atomic E-state index is 13.1. The molecule has 0 radical (unpaired) electrons. The first-order valence-electron chi connectivity index (χ1n) is 10.8. The fourth-order valence-electron chi connectivity index (χ4n) is 3.80. The van der Waals surface area contributed by atoms with Crippen LogP contribution in [-0.2, 0) is 16.1 Å². The smallest absolute Gasteiger partial charge is 0.295 e. The number of thiophene rings is 1. The highest BCUT2D eigenvalue weighted by atomic mass is 32.1. The van der Waals surface area contributed by atoms with Gasteiger partial charge in [-0.3, -0.25) is 14.6 Å². The molecule has 2 aromatic heterocycles. The molecule has 7 heteroatoms. The quantitative estimate of drug-likeness (QED) is 0.300. The molecule has 1 atom stereocenters. The molecular formula is C26H26N2O4S. The van der Waals surface area contributed by atoms with E-state index >= 15 is 0 Å². The van der Waals surface area contributed by atoms with Crippen molar-refractivity contribution >= 4 is 28.8 Å². The van der Waals surface area contributed by atoms with Crippen LogP contribution in [0.25, 0.3) is 5.76 Å². The van der Waals surface area contributed by atoms with Gasteiger partial charge in [0.1, 0.15) is 17.6 Å². The van der Waals surface area contributed by atoms with E-state index in [0.29, 0.717) is 23.8 Å². The number of ketones is 1. The summed E-state index contributed by atoms with van der Waals surface area (Å²) in [7, 11) is 0. The van der Waals surface area contributed by atoms with Gasteiger partial charge in [0.2, 0.25) is 0 Å². The van der Waals surface area contributed by atoms with Crippen LogP contribution in [0.5, 0.6) is 5.75 Å². The van der Waals surface area contributed by atoms with Gasteiger partial charge in [-0.15, -0.1) is 11.3 Å². The number of aliphatic hydroxyl groups is 1. The molecule has 1 N–H and O–H groups in total. The summed E-state index contributed by atoms with van der Waals surface area (Å²) in [5, 5.41) is 13.1. The number of hydrogen-bond donors (Lipinski definition) is 1. The molecule has 1 unspecified atom stereocenters. The van der Waals surface area contributed by atoms with E-state index in [1.165, 1.54) is 16.2 Å². The molecule has 170 valence electrons. The average Bonchev–Trinajstić information content (AvgIpc) is 3.34. The highest BCUT2D eigenvalue weighted by molar-refractivity contribution is 7.10. The van der Waals surface area contributed by atoms with E-state index in [2.05, 4.69) is 18.8 Å². The highest BCUT2D eigenvalue weighted by Crippen LogP contribution is 2.43. The van der Waals surface area contributed by atoms with Crippen molar-refractivity contribution in [2.24, 2.45) is 5.92 Å². The number of benzene rings is 1. The second-order valence-electron chi connectivity index (χ2n) is 8.49. The molecule has 3 aromatic rings. The predicted molar refractivity (Wildman–Crippen MR) is 128 cm³/mol. The number of rotatable bonds is 7. The Morgan fingerprint density at radius 3 is 2.55 bits per heavy atom. The topological polar surface area (TPSA) is 79.7 Å². The Morgan fingerprint density at radius 2 is 1.94 bits per heavy atom. The lowest BCUT2D eigenvalue weighted by atomic mass is 9.98. The Bertz CT molecular complexity index is 1180. The first-order valence-corrected chi connectivity index (χ1v) is 11.7. The zero-order valence-electron chi connectivity index (χ0n) is 18.8. The van der Waals surface area contributed by atoms with Gasteiger partial charge in [0, 0.05) is 29.4 Å². The van der Waals surface area contributed by atoms with Gasteiger partial charge in [0.05, 0.1) is 12.2 Å². The number of pyridine rings is 1. The van der Waals surface area contributed by atoms with Crippen molar-refractivity contribution in [3.8, 4) is 5.75 Å². The maximum Gasteiger partial charge on any atom is 0.295 e. The Labute approximate surface area is 197 Å². The summed E-state index contributed by atoms with van der Waals surface area (Å²) in [5.74, 6) is -0.425. The van der Waals surface area contributed by atoms with Crippen molar-refractivity contribution in [3.63, 3.8) is 0 Å². The van der Waals surface area contributed by atoms with Crippen LogP contribution in [0.1, 0.15) is 41.5 Å². The SMILES string of the molecule is Cc1ccsc1C1/C(=C(/O)c2ccc(OCC(C)C)cc2)C(=O)C(=O)N1Cc1cccnc1. The number of Topliss-reactive ketones (excluding diaryl/α,β-unsaturated/α-hetero) is 1. The molecule has 1 saturated heterocycles. The van der Waals surface area contributed by atoms with Crippen molar-refractivity contribution < 1.29 is 19.4 Å². The first-order chi connectivity index (χ1) is 15.9. The minimum absolute atomic E-state index is 0.102. The van der Waals surface area contributed by atoms with Gasteiger partial charge < -0.3 is 14.7 Å². The number of ether oxygens (including phenoxy) is 1. The predicted octanol–water partition coefficient (Wildman–Crippen LogP) is 5.11. The molecule has 4 rings (SSSR count). The summed E-state index contributed by atoms with van der Waals surface area (Å²) in [5.41, 5.74) is 2.34. The molecule has 0 aliphatic carbocycles. The van der Waals surface area contributed by atoms with E-state index in [9.17, 15) is 14.7 Å². The zero-order valence-corrected chi connectivity index (χ0v) is 19.6. The largest absolute Gasteiger partial charge is 0.507 e. The van der Waals surface area contributed by atoms with Crippen LogP contribution in [0.2, 0.25) is 0 Å². The van der Waals surface area contributed by atoms with Gasteiger partial charge in [0.25, 0.3) is 11.7 Å². The van der Waals surface area contributed by atoms with E-state index in [1.54, 1.807) is 42.7 Å². The fraction of sp³-hybridized carbons (Fsp3) is 0.269. The molecule has 1 amide bonds. The second-order valence-corrected chi connectivity index (χ2v) is 9.43. The number of likely N-dealkylation sites (tertiary alicyclic amines) is 1. The van der Waals surface area contributed by atoms with Crippen molar-refractivity contribution in [2.45, 2.75) is 33.4 Å². The van der Waals surface area contributed by atoms with Gasteiger partial charge in [0.15, 0.2) is 0 Å². The molecule has 1 aromatic carbocycles. The number of aliphatic hydroxyl groups excluding tert-OH is 1. The van der Waals surface area contributed by atoms with E-state index in [1.807, 2.05) is 24.4 Å². The van der Waals surface area contributed by atoms with Crippen molar-refractivity contribution in [3.05, 3.63) is 87.4 Å². The average molecular weight is 463 g/mol. The molecular weight excluding hydrogens is 436 g/mol. The van der Waals surface area contributed by atoms with Crippen LogP contribution < -0.4 is 4.74 Å². The zero-order chi connectivity index (χ0) is 23.5. The van der Waals surface area contributed by atoms with Gasteiger partial charge in [-0.05, 0) is 65.7 Å². The lowest BCUT2D eigenvalue weighted by Crippen LogP contribution is -2.29. The number of aromatic nitrogens is 1. The third-order valence-corrected chi connectivity index (χ3v) is 6.55. The van der Waals surface area contributed by atoms with Gasteiger partial charge in [-0.2, -0.15) is 0 Å². The number of hydrogen-bond acceptors (Lipinski definition) is 6. The second kappa shape index (κ2) is 9.58. The lowest BCUT2D eigenvalue weighted by Gasteiger charge is -2.25. The molecule has 33 heavy (non-hydrogen) atoms. The molecule has 0 bridgehead atoms. The first kappa shape index (κ1) is 22.7. The molecule has 1 fully saturated rings. The molecule has 0 spiro atoms. The van der Waals surface area contributed by atoms with Crippen LogP contribution in [0.4, 0.5) is 0 Å². The van der Waals surface area contributed by atoms with Gasteiger partial charge >= 0.3 is 0 Å². The molecule has 6 nitrogen and oxygen atoms in total. The third-order valence-electron chi connectivity index (χ3n) is 5.48. The minimum atomic E-state index is -0.686. The van der Waals surface area contributed by atoms with Crippen LogP contribution in [0, 0.1) is 12.8 Å². The molecule has 0 saturated carbocycles. The lowest BCUT2D eigenvalue weighted by molar-refractivity contribution is -0.140. The summed E-state index contributed by atoms with van der Waals surface area (Å²) < 4.78 is 5.71. The van der Waals surface area contributed by atoms with Crippen LogP contribution >= 0.6 is 11.3 Å². The minimum Gasteiger partial charge on any atom is -0.507 e. The van der Waals surface area contributed by atoms with Gasteiger partial charge in [-0.25, -0.2) is 0 Å². The van der Waals surface area contributed by atoms with E-state index in [4.69, 9.17) is 4.74 Å². The Kier molecular flexibility index (Phi) is 6.60. The van der Waals surface area contributed by atoms with Crippen molar-refractivity contribution in [1.82, 2.24) is 9.88 Å². The highest BCUT2D eigenvalue weighted by Gasteiger charge is 2.47. The van der Waals surface area contributed by atoms with Crippen LogP contribution in [-0.4, -0.2) is 33.3 Å². The number of carbonyl (C=O) groups is 2. The number of amides is 1. The summed E-state index contributed by atoms with van der Waals surface area (Å²) in [6.07, 6.45) is 3.33. The number of nitrogens with zero attached hydrogens (tertiary/aromatic N) is 2. The van der Waals surface area contributed by atoms with Crippen molar-refractivity contribution in [2.75, 3.05) is 6.61 Å². The van der Waals surface area contributed by atoms with Crippen molar-refractivity contribution in [1.29, 1.82) is 0 Å². The Balaban J connectivity index is 1.75. The number of carbonyl (C=O) groups excluding carboxylic acids is 2. The third kappa shape index (κ3) is 4.68. The van der Waals surface area contributed by atoms with E-state index in [0.717, 1.165) is 16.0 Å². The summed E-state index contributed by atoms with van der Waals surface area (Å²) in [4.78, 5) is 32.7. The maximum absolute atomic E-state index is 13.1. The van der Waals surface area contributed by atoms with Crippen LogP contribution in [0.3, 0.4) is 0 Å². The summed E-state index contributed by atoms with van der Waals surface area (Å²) >= 11 is 1.47. The molecule has 1 aliphatic heterocycles. The van der Waals surface area contributed by atoms with Crippen LogP contribution in [0.15, 0.2) is 65.8 Å². The number of aryl methyl sites for hydroxylation is 1. The Hall–Kier alpha value is -3.45. The summed E-state index contributed by atoms with van der Waals surface area (Å²) in [6, 6.07) is 11.9. The van der Waals surface area contributed by atoms with E-state index in [-0.39, 0.29) is 17.9 Å². The van der Waals surface area contributed by atoms with Gasteiger partial charge in [-0.1, -0.05) is 19.9 Å². The summed E-state index contributed by atoms with van der Waals surface area (Å²) in [6.45, 7) is 6.88. The molecule has 3 heterocycles. The Morgan fingerprint density at radius 1 is 1.18 bits per heavy atom. The van der Waals surface area contributed by atoms with E-state index < -0.39 is 17.7 Å². The monoisotopic (exact) mass is 462 g/mol. The fourth-order valence-corrected chi connectivity index (χ4v) is 4.84. The standard InChI is InChI=1S/C26H26N2O4S/c1-16(2)15-32-20-8-6-19(7-9-20)23(29)21-22(25-17(3)10-12-33-25)28(26(31)24(21)30)14-18-5-4-11-27-13-18/h4-13,16,22,29H,14-15H2,1-3H3/b23-21-.